The van der Waals surface area contributed by atoms with E-state index >= 15 is 0 Å². The third kappa shape index (κ3) is 7.05. The van der Waals surface area contributed by atoms with E-state index in [1.54, 1.807) is 7.11 Å². The number of ether oxygens (including phenoxy) is 1. The van der Waals surface area contributed by atoms with Crippen molar-refractivity contribution in [3.63, 3.8) is 0 Å². The first kappa shape index (κ1) is 17.2. The summed E-state index contributed by atoms with van der Waals surface area (Å²) in [5, 5.41) is 3.04. The summed E-state index contributed by atoms with van der Waals surface area (Å²) in [6.45, 7) is 0.713. The number of halogens is 3. The van der Waals surface area contributed by atoms with Gasteiger partial charge in [0.25, 0.3) is 0 Å². The van der Waals surface area contributed by atoms with Crippen molar-refractivity contribution >= 4 is 11.8 Å². The van der Waals surface area contributed by atoms with Gasteiger partial charge in [0.05, 0.1) is 7.11 Å². The van der Waals surface area contributed by atoms with Crippen molar-refractivity contribution in [3.8, 4) is 5.75 Å². The number of benzene rings is 1. The molecule has 20 heavy (non-hydrogen) atoms. The maximum atomic E-state index is 12.1. The second-order valence-corrected chi connectivity index (χ2v) is 5.72. The van der Waals surface area contributed by atoms with Gasteiger partial charge in [-0.2, -0.15) is 13.2 Å². The first-order valence-corrected chi connectivity index (χ1v) is 7.41. The smallest absolute Gasteiger partial charge is 0.441 e. The van der Waals surface area contributed by atoms with Crippen molar-refractivity contribution in [1.29, 1.82) is 0 Å². The van der Waals surface area contributed by atoms with Crippen LogP contribution in [0.5, 0.6) is 5.75 Å². The van der Waals surface area contributed by atoms with E-state index < -0.39 is 5.51 Å². The second-order valence-electron chi connectivity index (χ2n) is 4.56. The summed E-state index contributed by atoms with van der Waals surface area (Å²) in [7, 11) is 3.42. The third-order valence-electron chi connectivity index (χ3n) is 2.97. The fourth-order valence-corrected chi connectivity index (χ4v) is 2.68. The second kappa shape index (κ2) is 8.42. The van der Waals surface area contributed by atoms with Gasteiger partial charge in [0.2, 0.25) is 0 Å². The number of nitrogens with one attached hydrogen (secondary N) is 1. The van der Waals surface area contributed by atoms with Crippen molar-refractivity contribution < 1.29 is 17.9 Å². The van der Waals surface area contributed by atoms with Gasteiger partial charge in [-0.1, -0.05) is 23.9 Å². The van der Waals surface area contributed by atoms with Crippen LogP contribution in [0.2, 0.25) is 0 Å². The Bertz CT molecular complexity index is 381. The summed E-state index contributed by atoms with van der Waals surface area (Å²) in [5.74, 6) is 1.08. The molecule has 6 heteroatoms. The number of rotatable bonds is 8. The summed E-state index contributed by atoms with van der Waals surface area (Å²) in [4.78, 5) is 0. The Morgan fingerprint density at radius 1 is 1.25 bits per heavy atom. The summed E-state index contributed by atoms with van der Waals surface area (Å²) in [6, 6.07) is 7.66. The molecule has 0 spiro atoms. The molecule has 0 bridgehead atoms. The molecule has 2 nitrogen and oxygen atoms in total. The van der Waals surface area contributed by atoms with Gasteiger partial charge in [-0.25, -0.2) is 0 Å². The lowest BCUT2D eigenvalue weighted by Gasteiger charge is -2.17. The molecule has 1 N–H and O–H groups in total. The standard InChI is InChI=1S/C14H20F3NOS/c1-18-10-12(7-8-20-14(15,16)17)9-11-3-5-13(19-2)6-4-11/h3-6,12,18H,7-10H2,1-2H3. The van der Waals surface area contributed by atoms with Crippen molar-refractivity contribution in [2.75, 3.05) is 26.5 Å². The van der Waals surface area contributed by atoms with Gasteiger partial charge in [0.1, 0.15) is 5.75 Å². The summed E-state index contributed by atoms with van der Waals surface area (Å²) in [5.41, 5.74) is -3.02. The molecule has 1 aromatic rings. The lowest BCUT2D eigenvalue weighted by molar-refractivity contribution is -0.0328. The van der Waals surface area contributed by atoms with E-state index in [1.807, 2.05) is 31.3 Å². The van der Waals surface area contributed by atoms with E-state index in [0.717, 1.165) is 17.7 Å². The fraction of sp³-hybridized carbons (Fsp3) is 0.571. The van der Waals surface area contributed by atoms with E-state index in [0.29, 0.717) is 13.0 Å². The van der Waals surface area contributed by atoms with Crippen LogP contribution in [0.1, 0.15) is 12.0 Å². The van der Waals surface area contributed by atoms with E-state index in [9.17, 15) is 13.2 Å². The average molecular weight is 307 g/mol. The molecule has 0 aliphatic heterocycles. The first-order chi connectivity index (χ1) is 9.44. The van der Waals surface area contributed by atoms with Gasteiger partial charge < -0.3 is 10.1 Å². The maximum absolute atomic E-state index is 12.1. The molecule has 0 saturated heterocycles. The number of hydrogen-bond donors (Lipinski definition) is 1. The molecule has 0 aliphatic carbocycles. The van der Waals surface area contributed by atoms with Crippen molar-refractivity contribution in [2.24, 2.45) is 5.92 Å². The quantitative estimate of drug-likeness (QED) is 0.791. The molecule has 0 radical (unpaired) electrons. The van der Waals surface area contributed by atoms with Crippen LogP contribution in [-0.2, 0) is 6.42 Å². The van der Waals surface area contributed by atoms with Gasteiger partial charge in [-0.15, -0.1) is 0 Å². The molecular formula is C14H20F3NOS. The lowest BCUT2D eigenvalue weighted by atomic mass is 9.97. The molecule has 1 atom stereocenters. The minimum absolute atomic E-state index is 0.0566. The minimum Gasteiger partial charge on any atom is -0.497 e. The molecule has 1 rings (SSSR count). The van der Waals surface area contributed by atoms with Crippen LogP contribution >= 0.6 is 11.8 Å². The number of methoxy groups -OCH3 is 1. The van der Waals surface area contributed by atoms with E-state index in [4.69, 9.17) is 4.74 Å². The molecular weight excluding hydrogens is 287 g/mol. The van der Waals surface area contributed by atoms with Crippen LogP contribution in [-0.4, -0.2) is 32.0 Å². The Morgan fingerprint density at radius 2 is 1.90 bits per heavy atom. The number of hydrogen-bond acceptors (Lipinski definition) is 3. The Hall–Kier alpha value is -0.880. The van der Waals surface area contributed by atoms with Crippen molar-refractivity contribution in [2.45, 2.75) is 18.3 Å². The normalized spacial score (nSPS) is 13.2. The molecule has 0 aromatic heterocycles. The Labute approximate surface area is 122 Å². The third-order valence-corrected chi connectivity index (χ3v) is 3.74. The van der Waals surface area contributed by atoms with Crippen molar-refractivity contribution in [1.82, 2.24) is 5.32 Å². The zero-order valence-electron chi connectivity index (χ0n) is 11.7. The molecule has 1 unspecified atom stereocenters. The monoisotopic (exact) mass is 307 g/mol. The largest absolute Gasteiger partial charge is 0.497 e. The Morgan fingerprint density at radius 3 is 2.40 bits per heavy atom. The van der Waals surface area contributed by atoms with Gasteiger partial charge >= 0.3 is 5.51 Å². The van der Waals surface area contributed by atoms with Gasteiger partial charge in [0.15, 0.2) is 0 Å². The van der Waals surface area contributed by atoms with Crippen LogP contribution in [0.25, 0.3) is 0 Å². The number of alkyl halides is 3. The van der Waals surface area contributed by atoms with Gasteiger partial charge in [-0.05, 0) is 50.0 Å². The van der Waals surface area contributed by atoms with Crippen LogP contribution in [0, 0.1) is 5.92 Å². The predicted octanol–water partition coefficient (Wildman–Crippen LogP) is 3.72. The maximum Gasteiger partial charge on any atom is 0.441 e. The highest BCUT2D eigenvalue weighted by molar-refractivity contribution is 8.00. The summed E-state index contributed by atoms with van der Waals surface area (Å²) in [6.07, 6.45) is 1.31. The molecule has 114 valence electrons. The highest BCUT2D eigenvalue weighted by atomic mass is 32.2. The average Bonchev–Trinajstić information content (AvgIpc) is 2.38. The predicted molar refractivity (Wildman–Crippen MR) is 77.2 cm³/mol. The molecule has 1 aromatic carbocycles. The van der Waals surface area contributed by atoms with Crippen LogP contribution in [0.15, 0.2) is 24.3 Å². The highest BCUT2D eigenvalue weighted by Gasteiger charge is 2.28. The van der Waals surface area contributed by atoms with E-state index in [1.165, 1.54) is 0 Å². The zero-order chi connectivity index (χ0) is 15.0. The Kier molecular flexibility index (Phi) is 7.23. The topological polar surface area (TPSA) is 21.3 Å². The SMILES string of the molecule is CNCC(CCSC(F)(F)F)Cc1ccc(OC)cc1. The lowest BCUT2D eigenvalue weighted by Crippen LogP contribution is -2.22. The fourth-order valence-electron chi connectivity index (χ4n) is 2.00. The van der Waals surface area contributed by atoms with Crippen LogP contribution in [0.4, 0.5) is 13.2 Å². The molecule has 0 amide bonds. The zero-order valence-corrected chi connectivity index (χ0v) is 12.5. The number of thioether (sulfide) groups is 1. The molecule has 0 saturated carbocycles. The molecule has 0 aliphatic rings. The van der Waals surface area contributed by atoms with Gasteiger partial charge in [-0.3, -0.25) is 0 Å². The molecule has 0 heterocycles. The summed E-state index contributed by atoms with van der Waals surface area (Å²) < 4.78 is 41.5. The first-order valence-electron chi connectivity index (χ1n) is 6.43. The Balaban J connectivity index is 2.48. The van der Waals surface area contributed by atoms with E-state index in [2.05, 4.69) is 5.32 Å². The van der Waals surface area contributed by atoms with Gasteiger partial charge in [0, 0.05) is 5.75 Å². The molecule has 0 fully saturated rings. The minimum atomic E-state index is -4.13. The highest BCUT2D eigenvalue weighted by Crippen LogP contribution is 2.31. The summed E-state index contributed by atoms with van der Waals surface area (Å²) >= 11 is 0.0566. The van der Waals surface area contributed by atoms with Crippen LogP contribution in [0.3, 0.4) is 0 Å². The van der Waals surface area contributed by atoms with Crippen molar-refractivity contribution in [3.05, 3.63) is 29.8 Å². The van der Waals surface area contributed by atoms with Crippen LogP contribution < -0.4 is 10.1 Å². The van der Waals surface area contributed by atoms with E-state index in [-0.39, 0.29) is 23.4 Å².